The third-order valence-corrected chi connectivity index (χ3v) is 8.87. The standard InChI is InChI=1S/C38H41N3O3/c42-37(39-27-33-17-10-24-44-33)34-26-32(40-38(43)36(30-13-6-2-7-14-30)31-15-8-3-9-16-31)18-19-35(34)41-22-20-29(21-23-41)25-28-11-4-1-5-12-28/h1-9,11-16,18-19,26,29,33,36H,10,17,20-25,27H2,(H,39,42)(H,40,43). The van der Waals surface area contributed by atoms with Crippen LogP contribution in [0.5, 0.6) is 0 Å². The molecule has 0 aromatic heterocycles. The number of hydrogen-bond acceptors (Lipinski definition) is 4. The molecule has 2 aliphatic heterocycles. The van der Waals surface area contributed by atoms with E-state index < -0.39 is 5.92 Å². The highest BCUT2D eigenvalue weighted by atomic mass is 16.5. The van der Waals surface area contributed by atoms with Crippen LogP contribution in [0.3, 0.4) is 0 Å². The number of hydrogen-bond donors (Lipinski definition) is 2. The highest BCUT2D eigenvalue weighted by Gasteiger charge is 2.26. The molecule has 226 valence electrons. The summed E-state index contributed by atoms with van der Waals surface area (Å²) in [7, 11) is 0. The average Bonchev–Trinajstić information content (AvgIpc) is 3.60. The summed E-state index contributed by atoms with van der Waals surface area (Å²) in [6, 6.07) is 36.1. The van der Waals surface area contributed by atoms with E-state index in [1.807, 2.05) is 78.9 Å². The summed E-state index contributed by atoms with van der Waals surface area (Å²) in [5, 5.41) is 6.25. The highest BCUT2D eigenvalue weighted by Crippen LogP contribution is 2.32. The Morgan fingerprint density at radius 1 is 0.795 bits per heavy atom. The Labute approximate surface area is 260 Å². The van der Waals surface area contributed by atoms with Crippen molar-refractivity contribution >= 4 is 23.2 Å². The normalized spacial score (nSPS) is 17.0. The fraction of sp³-hybridized carbons (Fsp3) is 0.316. The monoisotopic (exact) mass is 587 g/mol. The van der Waals surface area contributed by atoms with E-state index in [-0.39, 0.29) is 17.9 Å². The van der Waals surface area contributed by atoms with Gasteiger partial charge in [-0.2, -0.15) is 0 Å². The molecule has 6 rings (SSSR count). The van der Waals surface area contributed by atoms with Crippen molar-refractivity contribution in [3.63, 3.8) is 0 Å². The summed E-state index contributed by atoms with van der Waals surface area (Å²) < 4.78 is 5.75. The van der Waals surface area contributed by atoms with Crippen LogP contribution in [-0.4, -0.2) is 44.2 Å². The van der Waals surface area contributed by atoms with E-state index in [9.17, 15) is 9.59 Å². The predicted octanol–water partition coefficient (Wildman–Crippen LogP) is 6.83. The molecule has 1 unspecified atom stereocenters. The van der Waals surface area contributed by atoms with Crippen LogP contribution in [0.2, 0.25) is 0 Å². The van der Waals surface area contributed by atoms with Gasteiger partial charge in [0.25, 0.3) is 5.91 Å². The van der Waals surface area contributed by atoms with Gasteiger partial charge in [-0.05, 0) is 72.9 Å². The number of carbonyl (C=O) groups excluding carboxylic acids is 2. The molecule has 2 saturated heterocycles. The largest absolute Gasteiger partial charge is 0.376 e. The zero-order chi connectivity index (χ0) is 30.1. The average molecular weight is 588 g/mol. The van der Waals surface area contributed by atoms with Gasteiger partial charge in [0, 0.05) is 37.6 Å². The van der Waals surface area contributed by atoms with Crippen LogP contribution < -0.4 is 15.5 Å². The summed E-state index contributed by atoms with van der Waals surface area (Å²) in [4.78, 5) is 29.8. The predicted molar refractivity (Wildman–Crippen MR) is 176 cm³/mol. The van der Waals surface area contributed by atoms with Crippen molar-refractivity contribution in [1.82, 2.24) is 5.32 Å². The van der Waals surface area contributed by atoms with Crippen molar-refractivity contribution < 1.29 is 14.3 Å². The maximum absolute atomic E-state index is 13.8. The first-order valence-electron chi connectivity index (χ1n) is 15.9. The highest BCUT2D eigenvalue weighted by molar-refractivity contribution is 6.03. The van der Waals surface area contributed by atoms with Gasteiger partial charge in [-0.25, -0.2) is 0 Å². The molecular formula is C38H41N3O3. The Kier molecular flexibility index (Phi) is 9.68. The molecule has 2 fully saturated rings. The van der Waals surface area contributed by atoms with Crippen LogP contribution in [0.1, 0.15) is 58.6 Å². The second kappa shape index (κ2) is 14.4. The minimum atomic E-state index is -0.475. The lowest BCUT2D eigenvalue weighted by Crippen LogP contribution is -2.37. The molecule has 2 amide bonds. The Balaban J connectivity index is 1.22. The van der Waals surface area contributed by atoms with Crippen molar-refractivity contribution in [1.29, 1.82) is 0 Å². The van der Waals surface area contributed by atoms with E-state index >= 15 is 0 Å². The molecule has 6 heteroatoms. The van der Waals surface area contributed by atoms with Gasteiger partial charge < -0.3 is 20.3 Å². The van der Waals surface area contributed by atoms with Gasteiger partial charge >= 0.3 is 0 Å². The van der Waals surface area contributed by atoms with Gasteiger partial charge in [-0.3, -0.25) is 9.59 Å². The van der Waals surface area contributed by atoms with Crippen molar-refractivity contribution in [3.8, 4) is 0 Å². The van der Waals surface area contributed by atoms with E-state index in [1.54, 1.807) is 0 Å². The van der Waals surface area contributed by atoms with Gasteiger partial charge in [0.15, 0.2) is 0 Å². The van der Waals surface area contributed by atoms with Gasteiger partial charge in [0.2, 0.25) is 5.91 Å². The van der Waals surface area contributed by atoms with Crippen LogP contribution in [0.4, 0.5) is 11.4 Å². The van der Waals surface area contributed by atoms with Crippen molar-refractivity contribution in [2.45, 2.75) is 44.1 Å². The maximum atomic E-state index is 13.8. The van der Waals surface area contributed by atoms with E-state index in [0.29, 0.717) is 23.7 Å². The first-order chi connectivity index (χ1) is 21.6. The number of nitrogens with one attached hydrogen (secondary N) is 2. The summed E-state index contributed by atoms with van der Waals surface area (Å²) in [5.74, 6) is -0.127. The second-order valence-electron chi connectivity index (χ2n) is 11.9. The first kappa shape index (κ1) is 29.6. The third kappa shape index (κ3) is 7.37. The van der Waals surface area contributed by atoms with Gasteiger partial charge in [-0.15, -0.1) is 0 Å². The Hall–Kier alpha value is -4.42. The number of benzene rings is 4. The quantitative estimate of drug-likeness (QED) is 0.214. The molecule has 0 aliphatic carbocycles. The van der Waals surface area contributed by atoms with Crippen molar-refractivity contribution in [3.05, 3.63) is 131 Å². The summed E-state index contributed by atoms with van der Waals surface area (Å²) >= 11 is 0. The lowest BCUT2D eigenvalue weighted by molar-refractivity contribution is -0.116. The maximum Gasteiger partial charge on any atom is 0.253 e. The van der Waals surface area contributed by atoms with Crippen LogP contribution in [0, 0.1) is 5.92 Å². The lowest BCUT2D eigenvalue weighted by Gasteiger charge is -2.35. The van der Waals surface area contributed by atoms with Crippen molar-refractivity contribution in [2.24, 2.45) is 5.92 Å². The van der Waals surface area contributed by atoms with Gasteiger partial charge in [-0.1, -0.05) is 91.0 Å². The Bertz CT molecular complexity index is 1470. The van der Waals surface area contributed by atoms with Crippen LogP contribution in [-0.2, 0) is 16.0 Å². The molecule has 0 radical (unpaired) electrons. The van der Waals surface area contributed by atoms with Crippen LogP contribution in [0.15, 0.2) is 109 Å². The molecular weight excluding hydrogens is 546 g/mol. The van der Waals surface area contributed by atoms with Crippen LogP contribution in [0.25, 0.3) is 0 Å². The Morgan fingerprint density at radius 3 is 2.05 bits per heavy atom. The number of rotatable bonds is 10. The smallest absolute Gasteiger partial charge is 0.253 e. The zero-order valence-electron chi connectivity index (χ0n) is 25.2. The number of amides is 2. The molecule has 2 heterocycles. The molecule has 4 aromatic carbocycles. The van der Waals surface area contributed by atoms with E-state index in [0.717, 1.165) is 68.6 Å². The molecule has 0 spiro atoms. The van der Waals surface area contributed by atoms with E-state index in [4.69, 9.17) is 4.74 Å². The SMILES string of the molecule is O=C(NCC1CCCO1)c1cc(NC(=O)C(c2ccccc2)c2ccccc2)ccc1N1CCC(Cc2ccccc2)CC1. The topological polar surface area (TPSA) is 70.7 Å². The fourth-order valence-corrected chi connectivity index (χ4v) is 6.50. The molecule has 1 atom stereocenters. The molecule has 44 heavy (non-hydrogen) atoms. The first-order valence-corrected chi connectivity index (χ1v) is 15.9. The molecule has 6 nitrogen and oxygen atoms in total. The number of nitrogens with zero attached hydrogens (tertiary/aromatic N) is 1. The summed E-state index contributed by atoms with van der Waals surface area (Å²) in [6.07, 6.45) is 5.25. The van der Waals surface area contributed by atoms with Gasteiger partial charge in [0.1, 0.15) is 0 Å². The molecule has 2 aliphatic rings. The minimum absolute atomic E-state index is 0.0523. The summed E-state index contributed by atoms with van der Waals surface area (Å²) in [5.41, 5.74) is 5.31. The molecule has 2 N–H and O–H groups in total. The van der Waals surface area contributed by atoms with E-state index in [2.05, 4.69) is 45.9 Å². The molecule has 0 bridgehead atoms. The van der Waals surface area contributed by atoms with E-state index in [1.165, 1.54) is 5.56 Å². The zero-order valence-corrected chi connectivity index (χ0v) is 25.2. The van der Waals surface area contributed by atoms with Crippen LogP contribution >= 0.6 is 0 Å². The molecule has 4 aromatic rings. The number of ether oxygens (including phenoxy) is 1. The number of piperidine rings is 1. The Morgan fingerprint density at radius 2 is 1.43 bits per heavy atom. The third-order valence-electron chi connectivity index (χ3n) is 8.87. The second-order valence-corrected chi connectivity index (χ2v) is 11.9. The number of carbonyl (C=O) groups is 2. The van der Waals surface area contributed by atoms with Gasteiger partial charge in [0.05, 0.1) is 17.6 Å². The summed E-state index contributed by atoms with van der Waals surface area (Å²) in [6.45, 7) is 3.01. The van der Waals surface area contributed by atoms with Crippen molar-refractivity contribution in [2.75, 3.05) is 36.5 Å². The minimum Gasteiger partial charge on any atom is -0.376 e. The fourth-order valence-electron chi connectivity index (χ4n) is 6.50. The molecule has 0 saturated carbocycles. The number of anilines is 2. The lowest BCUT2D eigenvalue weighted by atomic mass is 9.89.